The van der Waals surface area contributed by atoms with Gasteiger partial charge in [0.2, 0.25) is 0 Å². The molecular weight excluding hydrogens is 255 g/mol. The maximum atomic E-state index is 13.0. The summed E-state index contributed by atoms with van der Waals surface area (Å²) in [4.78, 5) is 0. The highest BCUT2D eigenvalue weighted by Crippen LogP contribution is 2.24. The van der Waals surface area contributed by atoms with Gasteiger partial charge in [0.25, 0.3) is 0 Å². The van der Waals surface area contributed by atoms with Crippen molar-refractivity contribution in [3.8, 4) is 0 Å². The summed E-state index contributed by atoms with van der Waals surface area (Å²) in [6.07, 6.45) is 4.86. The highest BCUT2D eigenvalue weighted by Gasteiger charge is 2.09. The second-order valence-corrected chi connectivity index (χ2v) is 4.55. The van der Waals surface area contributed by atoms with Crippen LogP contribution in [0.25, 0.3) is 0 Å². The molecule has 0 aliphatic carbocycles. The monoisotopic (exact) mass is 272 g/mol. The minimum Gasteiger partial charge on any atom is -0.207 e. The highest BCUT2D eigenvalue weighted by molar-refractivity contribution is 9.09. The van der Waals surface area contributed by atoms with Crippen LogP contribution in [-0.2, 0) is 0 Å². The van der Waals surface area contributed by atoms with Crippen LogP contribution in [0.2, 0.25) is 0 Å². The number of benzene rings is 1. The highest BCUT2D eigenvalue weighted by atomic mass is 79.9. The average Bonchev–Trinajstić information content (AvgIpc) is 2.24. The number of alkyl halides is 1. The molecule has 0 aromatic heterocycles. The second-order valence-electron chi connectivity index (χ2n) is 3.90. The predicted molar refractivity (Wildman–Crippen MR) is 67.1 cm³/mol. The van der Waals surface area contributed by atoms with E-state index in [0.717, 1.165) is 17.3 Å². The topological polar surface area (TPSA) is 0 Å². The minimum atomic E-state index is -0.131. The van der Waals surface area contributed by atoms with Gasteiger partial charge in [-0.05, 0) is 30.0 Å². The summed E-state index contributed by atoms with van der Waals surface area (Å²) < 4.78 is 13.0. The number of halogens is 2. The van der Waals surface area contributed by atoms with Gasteiger partial charge in [-0.2, -0.15) is 0 Å². The van der Waals surface area contributed by atoms with Gasteiger partial charge < -0.3 is 0 Å². The molecule has 0 saturated carbocycles. The third-order valence-electron chi connectivity index (χ3n) is 2.66. The van der Waals surface area contributed by atoms with Crippen molar-refractivity contribution in [1.82, 2.24) is 0 Å². The first-order chi connectivity index (χ1) is 7.27. The lowest BCUT2D eigenvalue weighted by Gasteiger charge is -2.14. The van der Waals surface area contributed by atoms with Crippen molar-refractivity contribution in [1.29, 1.82) is 0 Å². The molecule has 0 spiro atoms. The zero-order valence-electron chi connectivity index (χ0n) is 9.18. The minimum absolute atomic E-state index is 0.131. The number of hydrogen-bond acceptors (Lipinski definition) is 0. The fourth-order valence-corrected chi connectivity index (χ4v) is 2.43. The lowest BCUT2D eigenvalue weighted by Crippen LogP contribution is -2.00. The first-order valence-electron chi connectivity index (χ1n) is 5.59. The van der Waals surface area contributed by atoms with Crippen molar-refractivity contribution in [2.75, 3.05) is 5.33 Å². The van der Waals surface area contributed by atoms with Crippen molar-refractivity contribution in [3.63, 3.8) is 0 Å². The van der Waals surface area contributed by atoms with Gasteiger partial charge in [-0.3, -0.25) is 0 Å². The summed E-state index contributed by atoms with van der Waals surface area (Å²) >= 11 is 3.51. The van der Waals surface area contributed by atoms with E-state index in [9.17, 15) is 4.39 Å². The molecule has 0 nitrogen and oxygen atoms in total. The molecule has 0 aliphatic heterocycles. The predicted octanol–water partition coefficient (Wildman–Crippen LogP) is 4.88. The lowest BCUT2D eigenvalue weighted by atomic mass is 9.95. The van der Waals surface area contributed by atoms with Crippen LogP contribution in [0.5, 0.6) is 0 Å². The molecule has 1 aromatic carbocycles. The Balaban J connectivity index is 2.57. The number of rotatable bonds is 6. The largest absolute Gasteiger partial charge is 0.207 e. The Morgan fingerprint density at radius 1 is 1.33 bits per heavy atom. The molecule has 0 fully saturated rings. The first-order valence-corrected chi connectivity index (χ1v) is 6.71. The molecule has 0 amide bonds. The third kappa shape index (κ3) is 4.33. The molecule has 1 aromatic rings. The van der Waals surface area contributed by atoms with Crippen LogP contribution in [0.3, 0.4) is 0 Å². The van der Waals surface area contributed by atoms with Crippen LogP contribution in [0, 0.1) is 5.82 Å². The van der Waals surface area contributed by atoms with E-state index in [1.807, 2.05) is 6.07 Å². The second kappa shape index (κ2) is 7.00. The SMILES string of the molecule is CCCCCC(CBr)c1cccc(F)c1. The molecule has 2 heteroatoms. The first kappa shape index (κ1) is 12.7. The van der Waals surface area contributed by atoms with Gasteiger partial charge in [0.1, 0.15) is 5.82 Å². The fraction of sp³-hybridized carbons (Fsp3) is 0.538. The molecule has 84 valence electrons. The summed E-state index contributed by atoms with van der Waals surface area (Å²) in [7, 11) is 0. The Hall–Kier alpha value is -0.370. The maximum absolute atomic E-state index is 13.0. The molecule has 1 atom stereocenters. The Morgan fingerprint density at radius 3 is 2.73 bits per heavy atom. The van der Waals surface area contributed by atoms with Gasteiger partial charge in [-0.25, -0.2) is 4.39 Å². The molecule has 0 saturated heterocycles. The van der Waals surface area contributed by atoms with Crippen molar-refractivity contribution in [2.45, 2.75) is 38.5 Å². The molecule has 0 heterocycles. The lowest BCUT2D eigenvalue weighted by molar-refractivity contribution is 0.592. The van der Waals surface area contributed by atoms with Gasteiger partial charge in [0.05, 0.1) is 0 Å². The quantitative estimate of drug-likeness (QED) is 0.511. The van der Waals surface area contributed by atoms with Crippen LogP contribution in [0.1, 0.15) is 44.1 Å². The Labute approximate surface area is 100 Å². The molecule has 0 aliphatic rings. The summed E-state index contributed by atoms with van der Waals surface area (Å²) in [5.74, 6) is 0.321. The van der Waals surface area contributed by atoms with Gasteiger partial charge in [-0.1, -0.05) is 54.2 Å². The van der Waals surface area contributed by atoms with E-state index in [1.165, 1.54) is 25.3 Å². The molecule has 0 radical (unpaired) electrons. The van der Waals surface area contributed by atoms with Crippen molar-refractivity contribution in [3.05, 3.63) is 35.6 Å². The molecule has 0 N–H and O–H groups in total. The van der Waals surface area contributed by atoms with E-state index in [0.29, 0.717) is 5.92 Å². The average molecular weight is 273 g/mol. The van der Waals surface area contributed by atoms with E-state index in [2.05, 4.69) is 22.9 Å². The summed E-state index contributed by atoms with van der Waals surface area (Å²) in [6, 6.07) is 6.96. The van der Waals surface area contributed by atoms with Gasteiger partial charge >= 0.3 is 0 Å². The van der Waals surface area contributed by atoms with Crippen molar-refractivity contribution >= 4 is 15.9 Å². The number of unbranched alkanes of at least 4 members (excludes halogenated alkanes) is 2. The summed E-state index contributed by atoms with van der Waals surface area (Å²) in [5.41, 5.74) is 1.11. The normalized spacial score (nSPS) is 12.7. The zero-order chi connectivity index (χ0) is 11.1. The van der Waals surface area contributed by atoms with Gasteiger partial charge in [0, 0.05) is 5.33 Å². The van der Waals surface area contributed by atoms with Crippen molar-refractivity contribution < 1.29 is 4.39 Å². The van der Waals surface area contributed by atoms with Crippen LogP contribution in [0.15, 0.2) is 24.3 Å². The van der Waals surface area contributed by atoms with Crippen LogP contribution >= 0.6 is 15.9 Å². The molecule has 15 heavy (non-hydrogen) atoms. The summed E-state index contributed by atoms with van der Waals surface area (Å²) in [5, 5.41) is 0.917. The van der Waals surface area contributed by atoms with Crippen molar-refractivity contribution in [2.24, 2.45) is 0 Å². The zero-order valence-corrected chi connectivity index (χ0v) is 10.8. The van der Waals surface area contributed by atoms with E-state index < -0.39 is 0 Å². The number of hydrogen-bond donors (Lipinski definition) is 0. The van der Waals surface area contributed by atoms with Crippen LogP contribution in [0.4, 0.5) is 4.39 Å². The standard InChI is InChI=1S/C13H18BrF/c1-2-3-4-6-12(10-14)11-7-5-8-13(15)9-11/h5,7-9,12H,2-4,6,10H2,1H3. The summed E-state index contributed by atoms with van der Waals surface area (Å²) in [6.45, 7) is 2.20. The van der Waals surface area contributed by atoms with E-state index in [1.54, 1.807) is 12.1 Å². The van der Waals surface area contributed by atoms with Gasteiger partial charge in [0.15, 0.2) is 0 Å². The Morgan fingerprint density at radius 2 is 2.13 bits per heavy atom. The Bertz CT molecular complexity index is 286. The van der Waals surface area contributed by atoms with Crippen LogP contribution in [-0.4, -0.2) is 5.33 Å². The molecule has 0 bridgehead atoms. The van der Waals surface area contributed by atoms with Crippen LogP contribution < -0.4 is 0 Å². The van der Waals surface area contributed by atoms with E-state index in [4.69, 9.17) is 0 Å². The van der Waals surface area contributed by atoms with Gasteiger partial charge in [-0.15, -0.1) is 0 Å². The molecule has 1 rings (SSSR count). The fourth-order valence-electron chi connectivity index (χ4n) is 1.73. The smallest absolute Gasteiger partial charge is 0.123 e. The third-order valence-corrected chi connectivity index (χ3v) is 3.44. The maximum Gasteiger partial charge on any atom is 0.123 e. The Kier molecular flexibility index (Phi) is 5.92. The molecule has 1 unspecified atom stereocenters. The van der Waals surface area contributed by atoms with E-state index >= 15 is 0 Å². The van der Waals surface area contributed by atoms with E-state index in [-0.39, 0.29) is 5.82 Å². The molecular formula is C13H18BrF.